The lowest BCUT2D eigenvalue weighted by Gasteiger charge is -2.06. The van der Waals surface area contributed by atoms with E-state index in [1.807, 2.05) is 0 Å². The van der Waals surface area contributed by atoms with E-state index in [9.17, 15) is 9.90 Å². The van der Waals surface area contributed by atoms with Crippen molar-refractivity contribution in [1.82, 2.24) is 9.38 Å². The quantitative estimate of drug-likeness (QED) is 0.883. The van der Waals surface area contributed by atoms with Crippen molar-refractivity contribution in [3.63, 3.8) is 0 Å². The molecule has 0 spiro atoms. The predicted molar refractivity (Wildman–Crippen MR) is 60.5 cm³/mol. The molecule has 0 aliphatic heterocycles. The molecule has 0 aromatic carbocycles. The molecule has 0 saturated carbocycles. The summed E-state index contributed by atoms with van der Waals surface area (Å²) in [6.07, 6.45) is 2.40. The Morgan fingerprint density at radius 2 is 2.25 bits per heavy atom. The number of carboxylic acids is 1. The number of pyridine rings is 1. The van der Waals surface area contributed by atoms with Gasteiger partial charge in [0, 0.05) is 22.4 Å². The van der Waals surface area contributed by atoms with Crippen molar-refractivity contribution >= 4 is 27.5 Å². The maximum Gasteiger partial charge on any atom is 0.356 e. The second kappa shape index (κ2) is 3.88. The van der Waals surface area contributed by atoms with Gasteiger partial charge in [-0.15, -0.1) is 0 Å². The van der Waals surface area contributed by atoms with Crippen molar-refractivity contribution in [2.24, 2.45) is 0 Å². The van der Waals surface area contributed by atoms with Gasteiger partial charge in [0.05, 0.1) is 6.10 Å². The number of halogens is 1. The fourth-order valence-electron chi connectivity index (χ4n) is 1.50. The molecule has 2 N–H and O–H groups in total. The molecule has 84 valence electrons. The zero-order valence-corrected chi connectivity index (χ0v) is 9.97. The van der Waals surface area contributed by atoms with Crippen molar-refractivity contribution in [2.75, 3.05) is 0 Å². The van der Waals surface area contributed by atoms with Gasteiger partial charge in [0.15, 0.2) is 5.69 Å². The Balaban J connectivity index is 2.75. The zero-order chi connectivity index (χ0) is 11.9. The van der Waals surface area contributed by atoms with Crippen molar-refractivity contribution in [2.45, 2.75) is 13.0 Å². The minimum absolute atomic E-state index is 0.0417. The third kappa shape index (κ3) is 1.81. The van der Waals surface area contributed by atoms with Crippen molar-refractivity contribution in [3.05, 3.63) is 34.2 Å². The Morgan fingerprint density at radius 1 is 1.56 bits per heavy atom. The summed E-state index contributed by atoms with van der Waals surface area (Å²) >= 11 is 3.29. The number of aliphatic hydroxyl groups excluding tert-OH is 1. The molecule has 2 heterocycles. The van der Waals surface area contributed by atoms with Crippen LogP contribution in [0.1, 0.15) is 29.1 Å². The van der Waals surface area contributed by atoms with Crippen LogP contribution in [0.15, 0.2) is 22.9 Å². The van der Waals surface area contributed by atoms with E-state index in [-0.39, 0.29) is 5.69 Å². The van der Waals surface area contributed by atoms with Gasteiger partial charge in [-0.05, 0) is 28.9 Å². The number of rotatable bonds is 2. The van der Waals surface area contributed by atoms with Gasteiger partial charge in [0.25, 0.3) is 0 Å². The van der Waals surface area contributed by atoms with E-state index < -0.39 is 12.1 Å². The number of aliphatic hydroxyl groups is 1. The van der Waals surface area contributed by atoms with Crippen molar-refractivity contribution < 1.29 is 15.0 Å². The minimum atomic E-state index is -1.09. The molecule has 2 aromatic heterocycles. The fourth-order valence-corrected chi connectivity index (χ4v) is 1.97. The van der Waals surface area contributed by atoms with Gasteiger partial charge < -0.3 is 14.6 Å². The Hall–Kier alpha value is -1.40. The Bertz CT molecular complexity index is 562. The molecule has 2 rings (SSSR count). The fraction of sp³-hybridized carbons (Fsp3) is 0.200. The van der Waals surface area contributed by atoms with E-state index in [2.05, 4.69) is 20.9 Å². The average molecular weight is 285 g/mol. The molecule has 6 heteroatoms. The highest BCUT2D eigenvalue weighted by atomic mass is 79.9. The monoisotopic (exact) mass is 284 g/mol. The average Bonchev–Trinajstić information content (AvgIpc) is 2.59. The summed E-state index contributed by atoms with van der Waals surface area (Å²) in [4.78, 5) is 14.7. The SMILES string of the molecule is C[C@@H](O)c1cc(Br)cn2cc(C(=O)O)nc12. The standard InChI is InChI=1S/C10H9BrN2O3/c1-5(14)7-2-6(11)3-13-4-8(10(15)16)12-9(7)13/h2-5,14H,1H3,(H,15,16)/t5-/m1/s1. The molecule has 0 aliphatic carbocycles. The smallest absolute Gasteiger partial charge is 0.356 e. The maximum atomic E-state index is 10.8. The Labute approximate surface area is 99.5 Å². The molecule has 2 aromatic rings. The maximum absolute atomic E-state index is 10.8. The number of fused-ring (bicyclic) bond motifs is 1. The molecule has 0 amide bonds. The Morgan fingerprint density at radius 3 is 2.81 bits per heavy atom. The molecule has 0 bridgehead atoms. The van der Waals surface area contributed by atoms with Crippen LogP contribution in [-0.2, 0) is 0 Å². The molecular weight excluding hydrogens is 276 g/mol. The van der Waals surface area contributed by atoms with Crippen LogP contribution in [0.3, 0.4) is 0 Å². The van der Waals surface area contributed by atoms with Gasteiger partial charge in [-0.1, -0.05) is 0 Å². The normalized spacial score (nSPS) is 12.9. The highest BCUT2D eigenvalue weighted by Crippen LogP contribution is 2.23. The third-order valence-electron chi connectivity index (χ3n) is 2.22. The van der Waals surface area contributed by atoms with Crippen LogP contribution in [0.5, 0.6) is 0 Å². The van der Waals surface area contributed by atoms with Crippen LogP contribution in [-0.4, -0.2) is 25.6 Å². The first-order chi connectivity index (χ1) is 7.49. The van der Waals surface area contributed by atoms with Gasteiger partial charge >= 0.3 is 5.97 Å². The summed E-state index contributed by atoms with van der Waals surface area (Å²) in [5, 5.41) is 18.4. The number of carbonyl (C=O) groups is 1. The number of aromatic nitrogens is 2. The van der Waals surface area contributed by atoms with Gasteiger partial charge in [-0.2, -0.15) is 0 Å². The van der Waals surface area contributed by atoms with Crippen LogP contribution >= 0.6 is 15.9 Å². The topological polar surface area (TPSA) is 74.8 Å². The van der Waals surface area contributed by atoms with Gasteiger partial charge in [-0.25, -0.2) is 9.78 Å². The van der Waals surface area contributed by atoms with E-state index >= 15 is 0 Å². The number of carboxylic acid groups (broad SMARTS) is 1. The summed E-state index contributed by atoms with van der Waals surface area (Å²) < 4.78 is 2.33. The molecule has 0 aliphatic rings. The van der Waals surface area contributed by atoms with E-state index in [1.54, 1.807) is 23.6 Å². The first-order valence-corrected chi connectivity index (χ1v) is 5.38. The summed E-state index contributed by atoms with van der Waals surface area (Å²) in [6, 6.07) is 1.72. The second-order valence-corrected chi connectivity index (χ2v) is 4.37. The Kier molecular flexibility index (Phi) is 2.69. The van der Waals surface area contributed by atoms with Gasteiger partial charge in [0.2, 0.25) is 0 Å². The number of nitrogens with zero attached hydrogens (tertiary/aromatic N) is 2. The summed E-state index contributed by atoms with van der Waals surface area (Å²) in [6.45, 7) is 1.61. The summed E-state index contributed by atoms with van der Waals surface area (Å²) in [5.74, 6) is -1.09. The van der Waals surface area contributed by atoms with E-state index in [4.69, 9.17) is 5.11 Å². The van der Waals surface area contributed by atoms with Crippen LogP contribution in [0.25, 0.3) is 5.65 Å². The summed E-state index contributed by atoms with van der Waals surface area (Å²) in [7, 11) is 0. The lowest BCUT2D eigenvalue weighted by molar-refractivity contribution is 0.0691. The van der Waals surface area contributed by atoms with E-state index in [0.29, 0.717) is 11.2 Å². The third-order valence-corrected chi connectivity index (χ3v) is 2.65. The number of aromatic carboxylic acids is 1. The van der Waals surface area contributed by atoms with Crippen molar-refractivity contribution in [1.29, 1.82) is 0 Å². The molecular formula is C10H9BrN2O3. The summed E-state index contributed by atoms with van der Waals surface area (Å²) in [5.41, 5.74) is 0.998. The van der Waals surface area contributed by atoms with E-state index in [1.165, 1.54) is 6.20 Å². The molecule has 16 heavy (non-hydrogen) atoms. The van der Waals surface area contributed by atoms with Gasteiger partial charge in [-0.3, -0.25) is 0 Å². The van der Waals surface area contributed by atoms with E-state index in [0.717, 1.165) is 4.47 Å². The molecule has 5 nitrogen and oxygen atoms in total. The molecule has 1 atom stereocenters. The second-order valence-electron chi connectivity index (χ2n) is 3.45. The highest BCUT2D eigenvalue weighted by molar-refractivity contribution is 9.10. The van der Waals surface area contributed by atoms with Crippen LogP contribution in [0.2, 0.25) is 0 Å². The van der Waals surface area contributed by atoms with Crippen LogP contribution in [0.4, 0.5) is 0 Å². The minimum Gasteiger partial charge on any atom is -0.476 e. The molecule has 0 fully saturated rings. The van der Waals surface area contributed by atoms with Crippen molar-refractivity contribution in [3.8, 4) is 0 Å². The number of hydrogen-bond donors (Lipinski definition) is 2. The van der Waals surface area contributed by atoms with Crippen LogP contribution in [0, 0.1) is 0 Å². The number of imidazole rings is 1. The molecule has 0 radical (unpaired) electrons. The first-order valence-electron chi connectivity index (χ1n) is 4.58. The molecule has 0 saturated heterocycles. The van der Waals surface area contributed by atoms with Crippen LogP contribution < -0.4 is 0 Å². The highest BCUT2D eigenvalue weighted by Gasteiger charge is 2.14. The number of hydrogen-bond acceptors (Lipinski definition) is 3. The molecule has 0 unspecified atom stereocenters. The predicted octanol–water partition coefficient (Wildman–Crippen LogP) is 1.85. The van der Waals surface area contributed by atoms with Gasteiger partial charge in [0.1, 0.15) is 5.65 Å². The zero-order valence-electron chi connectivity index (χ0n) is 8.38. The lowest BCUT2D eigenvalue weighted by atomic mass is 10.2. The first kappa shape index (κ1) is 11.1. The lowest BCUT2D eigenvalue weighted by Crippen LogP contribution is -1.97. The largest absolute Gasteiger partial charge is 0.476 e.